The van der Waals surface area contributed by atoms with Crippen molar-refractivity contribution < 1.29 is 19.4 Å². The zero-order valence-corrected chi connectivity index (χ0v) is 16.5. The van der Waals surface area contributed by atoms with E-state index in [2.05, 4.69) is 26.1 Å². The Labute approximate surface area is 160 Å². The first-order valence-corrected chi connectivity index (χ1v) is 8.93. The summed E-state index contributed by atoms with van der Waals surface area (Å²) in [4.78, 5) is 24.7. The van der Waals surface area contributed by atoms with E-state index in [9.17, 15) is 14.7 Å². The van der Waals surface area contributed by atoms with E-state index in [4.69, 9.17) is 4.74 Å². The number of allylic oxidation sites excluding steroid dienone is 3. The van der Waals surface area contributed by atoms with Crippen molar-refractivity contribution >= 4 is 11.9 Å². The van der Waals surface area contributed by atoms with Gasteiger partial charge in [-0.15, -0.1) is 0 Å². The topological polar surface area (TPSA) is 75.6 Å². The van der Waals surface area contributed by atoms with Crippen LogP contribution in [0, 0.1) is 5.41 Å². The average molecular weight is 369 g/mol. The van der Waals surface area contributed by atoms with E-state index in [0.29, 0.717) is 17.0 Å². The Kier molecular flexibility index (Phi) is 6.26. The maximum Gasteiger partial charge on any atom is 0.337 e. The van der Waals surface area contributed by atoms with Gasteiger partial charge in [-0.3, -0.25) is 0 Å². The second-order valence-electron chi connectivity index (χ2n) is 7.72. The number of aliphatic carboxylic acids is 1. The standard InChI is InChI=1S/C22H27NO4/c1-14-17(20(24)25)19(16-10-7-6-8-11-16)18(15(2)23-14)21(26)27-13-9-12-22(3,4)5/h6-12,19,23H,13H2,1-5H3,(H,24,25). The molecule has 0 radical (unpaired) electrons. The highest BCUT2D eigenvalue weighted by molar-refractivity contribution is 5.99. The highest BCUT2D eigenvalue weighted by Crippen LogP contribution is 2.38. The minimum Gasteiger partial charge on any atom is -0.478 e. The summed E-state index contributed by atoms with van der Waals surface area (Å²) in [6.07, 6.45) is 3.78. The van der Waals surface area contributed by atoms with Gasteiger partial charge in [-0.25, -0.2) is 9.59 Å². The Morgan fingerprint density at radius 1 is 1.11 bits per heavy atom. The highest BCUT2D eigenvalue weighted by Gasteiger charge is 2.37. The molecule has 5 heteroatoms. The maximum atomic E-state index is 12.8. The number of benzene rings is 1. The van der Waals surface area contributed by atoms with Crippen molar-refractivity contribution in [2.45, 2.75) is 40.5 Å². The lowest BCUT2D eigenvalue weighted by atomic mass is 9.80. The molecule has 5 nitrogen and oxygen atoms in total. The predicted molar refractivity (Wildman–Crippen MR) is 105 cm³/mol. The lowest BCUT2D eigenvalue weighted by Crippen LogP contribution is -2.31. The van der Waals surface area contributed by atoms with Crippen molar-refractivity contribution in [3.8, 4) is 0 Å². The number of hydrogen-bond acceptors (Lipinski definition) is 4. The normalized spacial score (nSPS) is 17.9. The summed E-state index contributed by atoms with van der Waals surface area (Å²) in [7, 11) is 0. The molecule has 0 fully saturated rings. The Balaban J connectivity index is 2.37. The average Bonchev–Trinajstić information content (AvgIpc) is 2.57. The molecule has 0 amide bonds. The van der Waals surface area contributed by atoms with Gasteiger partial charge < -0.3 is 15.2 Å². The molecule has 1 aliphatic heterocycles. The van der Waals surface area contributed by atoms with Gasteiger partial charge in [-0.05, 0) is 24.8 Å². The van der Waals surface area contributed by atoms with Crippen LogP contribution in [0.5, 0.6) is 0 Å². The van der Waals surface area contributed by atoms with E-state index in [1.54, 1.807) is 19.9 Å². The third-order valence-electron chi connectivity index (χ3n) is 4.27. The number of carboxylic acids is 1. The molecule has 27 heavy (non-hydrogen) atoms. The Bertz CT molecular complexity index is 810. The van der Waals surface area contributed by atoms with Crippen LogP contribution in [0.4, 0.5) is 0 Å². The van der Waals surface area contributed by atoms with Crippen molar-refractivity contribution in [2.24, 2.45) is 5.41 Å². The first-order valence-electron chi connectivity index (χ1n) is 8.93. The third kappa shape index (κ3) is 5.09. The fourth-order valence-corrected chi connectivity index (χ4v) is 3.13. The molecule has 1 aromatic carbocycles. The van der Waals surface area contributed by atoms with E-state index in [1.807, 2.05) is 36.4 Å². The lowest BCUT2D eigenvalue weighted by Gasteiger charge is -2.29. The zero-order chi connectivity index (χ0) is 20.2. The molecule has 0 bridgehead atoms. The number of hydrogen-bond donors (Lipinski definition) is 2. The Morgan fingerprint density at radius 3 is 2.26 bits per heavy atom. The Hall–Kier alpha value is -2.82. The monoisotopic (exact) mass is 369 g/mol. The van der Waals surface area contributed by atoms with Crippen LogP contribution in [-0.2, 0) is 14.3 Å². The summed E-state index contributed by atoms with van der Waals surface area (Å²) in [6.45, 7) is 9.78. The zero-order valence-electron chi connectivity index (χ0n) is 16.5. The minimum atomic E-state index is -1.06. The van der Waals surface area contributed by atoms with Crippen LogP contribution >= 0.6 is 0 Å². The second-order valence-corrected chi connectivity index (χ2v) is 7.72. The van der Waals surface area contributed by atoms with Gasteiger partial charge in [0.2, 0.25) is 0 Å². The van der Waals surface area contributed by atoms with Gasteiger partial charge in [0.1, 0.15) is 6.61 Å². The summed E-state index contributed by atoms with van der Waals surface area (Å²) in [5, 5.41) is 12.8. The van der Waals surface area contributed by atoms with Crippen LogP contribution in [0.25, 0.3) is 0 Å². The molecule has 0 saturated heterocycles. The molecule has 0 saturated carbocycles. The van der Waals surface area contributed by atoms with Gasteiger partial charge in [-0.2, -0.15) is 0 Å². The highest BCUT2D eigenvalue weighted by atomic mass is 16.5. The van der Waals surface area contributed by atoms with Gasteiger partial charge in [0.05, 0.1) is 17.1 Å². The van der Waals surface area contributed by atoms with Crippen molar-refractivity contribution in [1.82, 2.24) is 5.32 Å². The summed E-state index contributed by atoms with van der Waals surface area (Å²) in [5.41, 5.74) is 2.36. The van der Waals surface area contributed by atoms with Gasteiger partial charge in [0.25, 0.3) is 0 Å². The van der Waals surface area contributed by atoms with E-state index in [-0.39, 0.29) is 17.6 Å². The molecule has 0 aromatic heterocycles. The quantitative estimate of drug-likeness (QED) is 0.602. The van der Waals surface area contributed by atoms with Crippen LogP contribution < -0.4 is 5.32 Å². The van der Waals surface area contributed by atoms with E-state index in [1.165, 1.54) is 0 Å². The molecule has 1 heterocycles. The number of dihydropyridines is 1. The largest absolute Gasteiger partial charge is 0.478 e. The molecule has 2 rings (SSSR count). The van der Waals surface area contributed by atoms with Crippen molar-refractivity contribution in [3.05, 3.63) is 70.6 Å². The Morgan fingerprint density at radius 2 is 1.70 bits per heavy atom. The number of nitrogens with one attached hydrogen (secondary N) is 1. The van der Waals surface area contributed by atoms with Crippen LogP contribution in [-0.4, -0.2) is 23.7 Å². The number of carbonyl (C=O) groups excluding carboxylic acids is 1. The number of esters is 1. The maximum absolute atomic E-state index is 12.8. The first kappa shape index (κ1) is 20.5. The fourth-order valence-electron chi connectivity index (χ4n) is 3.13. The molecular weight excluding hydrogens is 342 g/mol. The molecule has 144 valence electrons. The summed E-state index contributed by atoms with van der Waals surface area (Å²) >= 11 is 0. The van der Waals surface area contributed by atoms with Gasteiger partial charge in [0, 0.05) is 11.4 Å². The number of carbonyl (C=O) groups is 2. The smallest absolute Gasteiger partial charge is 0.337 e. The first-order chi connectivity index (χ1) is 12.6. The molecule has 2 N–H and O–H groups in total. The number of rotatable bonds is 5. The fraction of sp³-hybridized carbons (Fsp3) is 0.364. The van der Waals surface area contributed by atoms with Crippen LogP contribution in [0.1, 0.15) is 46.1 Å². The third-order valence-corrected chi connectivity index (χ3v) is 4.27. The minimum absolute atomic E-state index is 0.00309. The second kappa shape index (κ2) is 8.25. The lowest BCUT2D eigenvalue weighted by molar-refractivity contribution is -0.138. The molecule has 1 unspecified atom stereocenters. The summed E-state index contributed by atoms with van der Waals surface area (Å²) in [5.74, 6) is -2.25. The van der Waals surface area contributed by atoms with Gasteiger partial charge in [-0.1, -0.05) is 63.3 Å². The van der Waals surface area contributed by atoms with Gasteiger partial charge >= 0.3 is 11.9 Å². The number of carboxylic acid groups (broad SMARTS) is 1. The van der Waals surface area contributed by atoms with Crippen LogP contribution in [0.15, 0.2) is 65.0 Å². The molecule has 1 aromatic rings. The van der Waals surface area contributed by atoms with Gasteiger partial charge in [0.15, 0.2) is 0 Å². The molecular formula is C22H27NO4. The van der Waals surface area contributed by atoms with Crippen LogP contribution in [0.3, 0.4) is 0 Å². The van der Waals surface area contributed by atoms with E-state index < -0.39 is 17.9 Å². The van der Waals surface area contributed by atoms with Crippen molar-refractivity contribution in [2.75, 3.05) is 6.61 Å². The summed E-state index contributed by atoms with van der Waals surface area (Å²) < 4.78 is 5.42. The van der Waals surface area contributed by atoms with Crippen LogP contribution in [0.2, 0.25) is 0 Å². The molecule has 1 atom stereocenters. The van der Waals surface area contributed by atoms with Crippen molar-refractivity contribution in [3.63, 3.8) is 0 Å². The summed E-state index contributed by atoms with van der Waals surface area (Å²) in [6, 6.07) is 9.17. The molecule has 0 spiro atoms. The molecule has 1 aliphatic rings. The van der Waals surface area contributed by atoms with Crippen molar-refractivity contribution in [1.29, 1.82) is 0 Å². The predicted octanol–water partition coefficient (Wildman–Crippen LogP) is 4.15. The molecule has 0 aliphatic carbocycles. The van der Waals surface area contributed by atoms with E-state index >= 15 is 0 Å². The number of ether oxygens (including phenoxy) is 1. The van der Waals surface area contributed by atoms with E-state index in [0.717, 1.165) is 5.56 Å². The SMILES string of the molecule is CC1=C(C(=O)O)C(c2ccccc2)C(C(=O)OCC=CC(C)(C)C)=C(C)N1.